The first-order valence-electron chi connectivity index (χ1n) is 9.10. The van der Waals surface area contributed by atoms with E-state index in [-0.39, 0.29) is 11.9 Å². The molecule has 3 N–H and O–H groups in total. The number of benzene rings is 2. The fourth-order valence-corrected chi connectivity index (χ4v) is 3.47. The van der Waals surface area contributed by atoms with Crippen molar-refractivity contribution in [3.63, 3.8) is 0 Å². The van der Waals surface area contributed by atoms with Crippen molar-refractivity contribution >= 4 is 11.8 Å². The monoisotopic (exact) mass is 351 g/mol. The molecule has 0 aromatic heterocycles. The zero-order chi connectivity index (χ0) is 18.4. The van der Waals surface area contributed by atoms with Gasteiger partial charge in [-0.3, -0.25) is 14.5 Å². The number of hydrogen-bond donors (Lipinski definition) is 2. The quantitative estimate of drug-likeness (QED) is 0.804. The van der Waals surface area contributed by atoms with Gasteiger partial charge in [0.15, 0.2) is 0 Å². The first kappa shape index (κ1) is 18.1. The summed E-state index contributed by atoms with van der Waals surface area (Å²) in [6, 6.07) is 16.9. The van der Waals surface area contributed by atoms with Crippen molar-refractivity contribution in [3.05, 3.63) is 71.3 Å². The standard InChI is InChI=1S/C21H25N3O2/c22-20(25)18-10-6-7-16(15-18)11-12-23-21(26)19(24-13-4-5-14-24)17-8-2-1-3-9-17/h1-3,6-10,15,19H,4-5,11-14H2,(H2,22,25)(H,23,26). The second-order valence-corrected chi connectivity index (χ2v) is 6.66. The number of carbonyl (C=O) groups is 2. The lowest BCUT2D eigenvalue weighted by molar-refractivity contribution is -0.126. The molecular weight excluding hydrogens is 326 g/mol. The van der Waals surface area contributed by atoms with Crippen LogP contribution in [0.3, 0.4) is 0 Å². The summed E-state index contributed by atoms with van der Waals surface area (Å²) in [4.78, 5) is 26.4. The maximum absolute atomic E-state index is 12.9. The Labute approximate surface area is 154 Å². The number of nitrogens with one attached hydrogen (secondary N) is 1. The molecule has 26 heavy (non-hydrogen) atoms. The molecule has 0 saturated carbocycles. The fraction of sp³-hybridized carbons (Fsp3) is 0.333. The van der Waals surface area contributed by atoms with Gasteiger partial charge in [-0.25, -0.2) is 0 Å². The largest absolute Gasteiger partial charge is 0.366 e. The Hall–Kier alpha value is -2.66. The molecular formula is C21H25N3O2. The predicted octanol–water partition coefficient (Wildman–Crippen LogP) is 2.28. The maximum atomic E-state index is 12.9. The average molecular weight is 351 g/mol. The minimum atomic E-state index is -0.436. The first-order valence-corrected chi connectivity index (χ1v) is 9.10. The summed E-state index contributed by atoms with van der Waals surface area (Å²) < 4.78 is 0. The second-order valence-electron chi connectivity index (χ2n) is 6.66. The van der Waals surface area contributed by atoms with Gasteiger partial charge >= 0.3 is 0 Å². The molecule has 0 bridgehead atoms. The summed E-state index contributed by atoms with van der Waals surface area (Å²) in [7, 11) is 0. The summed E-state index contributed by atoms with van der Waals surface area (Å²) in [5, 5.41) is 3.06. The number of rotatable bonds is 7. The zero-order valence-electron chi connectivity index (χ0n) is 14.9. The van der Waals surface area contributed by atoms with E-state index in [2.05, 4.69) is 10.2 Å². The molecule has 0 spiro atoms. The van der Waals surface area contributed by atoms with Crippen LogP contribution in [0.25, 0.3) is 0 Å². The number of nitrogens with zero attached hydrogens (tertiary/aromatic N) is 1. The third kappa shape index (κ3) is 4.49. The van der Waals surface area contributed by atoms with Crippen LogP contribution in [0.15, 0.2) is 54.6 Å². The topological polar surface area (TPSA) is 75.4 Å². The van der Waals surface area contributed by atoms with E-state index in [0.717, 1.165) is 37.1 Å². The lowest BCUT2D eigenvalue weighted by atomic mass is 10.0. The van der Waals surface area contributed by atoms with Gasteiger partial charge in [0.1, 0.15) is 6.04 Å². The Balaban J connectivity index is 1.63. The Morgan fingerprint density at radius 1 is 1.04 bits per heavy atom. The van der Waals surface area contributed by atoms with Crippen molar-refractivity contribution in [1.29, 1.82) is 0 Å². The van der Waals surface area contributed by atoms with Gasteiger partial charge in [-0.05, 0) is 55.6 Å². The Morgan fingerprint density at radius 3 is 2.46 bits per heavy atom. The van der Waals surface area contributed by atoms with E-state index in [9.17, 15) is 9.59 Å². The normalized spacial score (nSPS) is 15.5. The molecule has 1 unspecified atom stereocenters. The minimum Gasteiger partial charge on any atom is -0.366 e. The van der Waals surface area contributed by atoms with Crippen LogP contribution in [0.1, 0.15) is 40.4 Å². The van der Waals surface area contributed by atoms with Gasteiger partial charge in [-0.1, -0.05) is 42.5 Å². The molecule has 0 aliphatic carbocycles. The molecule has 1 fully saturated rings. The summed E-state index contributed by atoms with van der Waals surface area (Å²) in [6.07, 6.45) is 2.93. The number of carbonyl (C=O) groups excluding carboxylic acids is 2. The van der Waals surface area contributed by atoms with Crippen molar-refractivity contribution in [2.45, 2.75) is 25.3 Å². The lowest BCUT2D eigenvalue weighted by Gasteiger charge is -2.27. The van der Waals surface area contributed by atoms with Gasteiger partial charge in [0.25, 0.3) is 0 Å². The van der Waals surface area contributed by atoms with Gasteiger partial charge in [0.05, 0.1) is 0 Å². The zero-order valence-corrected chi connectivity index (χ0v) is 14.9. The first-order chi connectivity index (χ1) is 12.6. The molecule has 1 saturated heterocycles. The fourth-order valence-electron chi connectivity index (χ4n) is 3.47. The Kier molecular flexibility index (Phi) is 6.02. The van der Waals surface area contributed by atoms with Crippen LogP contribution < -0.4 is 11.1 Å². The van der Waals surface area contributed by atoms with Crippen LogP contribution in [-0.2, 0) is 11.2 Å². The summed E-state index contributed by atoms with van der Waals surface area (Å²) >= 11 is 0. The molecule has 136 valence electrons. The maximum Gasteiger partial charge on any atom is 0.248 e. The van der Waals surface area contributed by atoms with E-state index in [0.29, 0.717) is 18.5 Å². The molecule has 5 nitrogen and oxygen atoms in total. The van der Waals surface area contributed by atoms with E-state index >= 15 is 0 Å². The van der Waals surface area contributed by atoms with E-state index in [1.54, 1.807) is 12.1 Å². The van der Waals surface area contributed by atoms with Gasteiger partial charge in [0.2, 0.25) is 11.8 Å². The summed E-state index contributed by atoms with van der Waals surface area (Å²) in [5.74, 6) is -0.404. The van der Waals surface area contributed by atoms with E-state index in [4.69, 9.17) is 5.73 Å². The highest BCUT2D eigenvalue weighted by atomic mass is 16.2. The number of likely N-dealkylation sites (tertiary alicyclic amines) is 1. The SMILES string of the molecule is NC(=O)c1cccc(CCNC(=O)C(c2ccccc2)N2CCCC2)c1. The molecule has 1 atom stereocenters. The molecule has 3 rings (SSSR count). The van der Waals surface area contributed by atoms with Crippen LogP contribution >= 0.6 is 0 Å². The third-order valence-corrected chi connectivity index (χ3v) is 4.79. The molecule has 1 heterocycles. The van der Waals surface area contributed by atoms with Gasteiger partial charge in [0, 0.05) is 12.1 Å². The van der Waals surface area contributed by atoms with Crippen molar-refractivity contribution in [2.75, 3.05) is 19.6 Å². The molecule has 1 aliphatic rings. The highest BCUT2D eigenvalue weighted by Gasteiger charge is 2.29. The van der Waals surface area contributed by atoms with Crippen LogP contribution in [0.4, 0.5) is 0 Å². The van der Waals surface area contributed by atoms with Crippen LogP contribution in [-0.4, -0.2) is 36.3 Å². The highest BCUT2D eigenvalue weighted by molar-refractivity contribution is 5.92. The van der Waals surface area contributed by atoms with Crippen LogP contribution in [0.2, 0.25) is 0 Å². The highest BCUT2D eigenvalue weighted by Crippen LogP contribution is 2.25. The van der Waals surface area contributed by atoms with Crippen molar-refractivity contribution < 1.29 is 9.59 Å². The van der Waals surface area contributed by atoms with Crippen molar-refractivity contribution in [1.82, 2.24) is 10.2 Å². The van der Waals surface area contributed by atoms with Gasteiger partial charge in [-0.2, -0.15) is 0 Å². The van der Waals surface area contributed by atoms with Crippen LogP contribution in [0.5, 0.6) is 0 Å². The smallest absolute Gasteiger partial charge is 0.248 e. The summed E-state index contributed by atoms with van der Waals surface area (Å²) in [6.45, 7) is 2.43. The van der Waals surface area contributed by atoms with E-state index in [1.165, 1.54) is 0 Å². The van der Waals surface area contributed by atoms with Gasteiger partial charge < -0.3 is 11.1 Å². The third-order valence-electron chi connectivity index (χ3n) is 4.79. The number of nitrogens with two attached hydrogens (primary N) is 1. The Morgan fingerprint density at radius 2 is 1.77 bits per heavy atom. The van der Waals surface area contributed by atoms with E-state index in [1.807, 2.05) is 42.5 Å². The van der Waals surface area contributed by atoms with Crippen molar-refractivity contribution in [3.8, 4) is 0 Å². The van der Waals surface area contributed by atoms with Gasteiger partial charge in [-0.15, -0.1) is 0 Å². The average Bonchev–Trinajstić information content (AvgIpc) is 3.17. The second kappa shape index (κ2) is 8.63. The van der Waals surface area contributed by atoms with Crippen molar-refractivity contribution in [2.24, 2.45) is 5.73 Å². The minimum absolute atomic E-state index is 0.0316. The molecule has 5 heteroatoms. The molecule has 1 aliphatic heterocycles. The van der Waals surface area contributed by atoms with Crippen LogP contribution in [0, 0.1) is 0 Å². The lowest BCUT2D eigenvalue weighted by Crippen LogP contribution is -2.40. The molecule has 2 aromatic carbocycles. The molecule has 2 amide bonds. The number of hydrogen-bond acceptors (Lipinski definition) is 3. The number of amides is 2. The Bertz CT molecular complexity index is 755. The predicted molar refractivity (Wildman–Crippen MR) is 102 cm³/mol. The number of primary amides is 1. The van der Waals surface area contributed by atoms with E-state index < -0.39 is 5.91 Å². The molecule has 0 radical (unpaired) electrons. The molecule has 2 aromatic rings. The summed E-state index contributed by atoms with van der Waals surface area (Å²) in [5.41, 5.74) is 7.83.